The zero-order chi connectivity index (χ0) is 17.4. The van der Waals surface area contributed by atoms with Crippen LogP contribution < -0.4 is 9.47 Å². The van der Waals surface area contributed by atoms with Crippen LogP contribution in [0.4, 0.5) is 0 Å². The molecular weight excluding hydrogens is 326 g/mol. The molecule has 0 aliphatic carbocycles. The Hall–Kier alpha value is -3.03. The van der Waals surface area contributed by atoms with Gasteiger partial charge in [-0.05, 0) is 41.5 Å². The van der Waals surface area contributed by atoms with E-state index in [0.717, 1.165) is 11.1 Å². The first-order valence-electron chi connectivity index (χ1n) is 7.02. The minimum Gasteiger partial charge on any atom is -0.493 e. The maximum Gasteiger partial charge on any atom is 0.336 e. The molecule has 0 saturated heterocycles. The molecule has 0 fully saturated rings. The van der Waals surface area contributed by atoms with Crippen molar-refractivity contribution in [2.75, 3.05) is 7.11 Å². The van der Waals surface area contributed by atoms with Crippen LogP contribution in [0.3, 0.4) is 0 Å². The largest absolute Gasteiger partial charge is 0.493 e. The lowest BCUT2D eigenvalue weighted by Crippen LogP contribution is -2.05. The van der Waals surface area contributed by atoms with Crippen LogP contribution in [0.15, 0.2) is 54.6 Å². The fourth-order valence-electron chi connectivity index (χ4n) is 1.92. The molecule has 0 saturated carbocycles. The first-order valence-corrected chi connectivity index (χ1v) is 7.40. The SMILES string of the molecule is COc1cc(/C=C/C#N)ccc1OC(=O)/C=C/c1ccccc1Cl. The molecule has 4 nitrogen and oxygen atoms in total. The van der Waals surface area contributed by atoms with Gasteiger partial charge in [0.05, 0.1) is 13.2 Å². The van der Waals surface area contributed by atoms with E-state index < -0.39 is 5.97 Å². The quantitative estimate of drug-likeness (QED) is 0.348. The van der Waals surface area contributed by atoms with Crippen molar-refractivity contribution in [2.45, 2.75) is 0 Å². The molecule has 0 N–H and O–H groups in total. The van der Waals surface area contributed by atoms with Crippen LogP contribution in [0.1, 0.15) is 11.1 Å². The summed E-state index contributed by atoms with van der Waals surface area (Å²) in [6, 6.07) is 14.1. The number of rotatable bonds is 5. The van der Waals surface area contributed by atoms with E-state index in [9.17, 15) is 4.79 Å². The summed E-state index contributed by atoms with van der Waals surface area (Å²) in [6.07, 6.45) is 5.86. The lowest BCUT2D eigenvalue weighted by Gasteiger charge is -2.08. The molecule has 120 valence electrons. The highest BCUT2D eigenvalue weighted by Gasteiger charge is 2.08. The molecule has 0 bridgehead atoms. The topological polar surface area (TPSA) is 59.3 Å². The predicted octanol–water partition coefficient (Wildman–Crippen LogP) is 4.50. The van der Waals surface area contributed by atoms with Gasteiger partial charge in [0.1, 0.15) is 0 Å². The molecule has 0 radical (unpaired) electrons. The van der Waals surface area contributed by atoms with Gasteiger partial charge < -0.3 is 9.47 Å². The Morgan fingerprint density at radius 1 is 1.17 bits per heavy atom. The van der Waals surface area contributed by atoms with Crippen molar-refractivity contribution < 1.29 is 14.3 Å². The lowest BCUT2D eigenvalue weighted by molar-refractivity contribution is -0.129. The number of benzene rings is 2. The number of nitriles is 1. The highest BCUT2D eigenvalue weighted by atomic mass is 35.5. The smallest absolute Gasteiger partial charge is 0.336 e. The minimum atomic E-state index is -0.548. The Bertz CT molecular complexity index is 835. The van der Waals surface area contributed by atoms with Gasteiger partial charge in [0.2, 0.25) is 0 Å². The van der Waals surface area contributed by atoms with E-state index in [0.29, 0.717) is 16.5 Å². The Balaban J connectivity index is 2.13. The molecule has 0 heterocycles. The monoisotopic (exact) mass is 339 g/mol. The average molecular weight is 340 g/mol. The fourth-order valence-corrected chi connectivity index (χ4v) is 2.11. The van der Waals surface area contributed by atoms with Crippen LogP contribution in [0.2, 0.25) is 5.02 Å². The van der Waals surface area contributed by atoms with E-state index >= 15 is 0 Å². The van der Waals surface area contributed by atoms with Gasteiger partial charge in [-0.15, -0.1) is 0 Å². The van der Waals surface area contributed by atoms with Gasteiger partial charge in [-0.2, -0.15) is 5.26 Å². The van der Waals surface area contributed by atoms with Gasteiger partial charge in [-0.25, -0.2) is 4.79 Å². The molecule has 0 amide bonds. The van der Waals surface area contributed by atoms with Crippen molar-refractivity contribution in [3.05, 3.63) is 70.8 Å². The van der Waals surface area contributed by atoms with E-state index in [2.05, 4.69) is 0 Å². The maximum atomic E-state index is 12.0. The molecule has 2 aromatic rings. The number of carbonyl (C=O) groups is 1. The van der Waals surface area contributed by atoms with Crippen molar-refractivity contribution in [1.82, 2.24) is 0 Å². The van der Waals surface area contributed by atoms with Crippen LogP contribution in [0.5, 0.6) is 11.5 Å². The van der Waals surface area contributed by atoms with Gasteiger partial charge in [-0.1, -0.05) is 35.9 Å². The zero-order valence-corrected chi connectivity index (χ0v) is 13.7. The van der Waals surface area contributed by atoms with Gasteiger partial charge in [0.25, 0.3) is 0 Å². The molecule has 2 rings (SSSR count). The number of halogens is 1. The molecule has 5 heteroatoms. The molecule has 2 aromatic carbocycles. The van der Waals surface area contributed by atoms with Crippen LogP contribution in [-0.2, 0) is 4.79 Å². The normalized spacial score (nSPS) is 10.7. The average Bonchev–Trinajstić information content (AvgIpc) is 2.60. The molecule has 24 heavy (non-hydrogen) atoms. The van der Waals surface area contributed by atoms with Gasteiger partial charge >= 0.3 is 5.97 Å². The highest BCUT2D eigenvalue weighted by molar-refractivity contribution is 6.32. The highest BCUT2D eigenvalue weighted by Crippen LogP contribution is 2.29. The second-order valence-corrected chi connectivity index (χ2v) is 5.06. The summed E-state index contributed by atoms with van der Waals surface area (Å²) in [7, 11) is 1.48. The number of methoxy groups -OCH3 is 1. The number of nitrogens with zero attached hydrogens (tertiary/aromatic N) is 1. The lowest BCUT2D eigenvalue weighted by atomic mass is 10.2. The van der Waals surface area contributed by atoms with Crippen LogP contribution in [0.25, 0.3) is 12.2 Å². The third-order valence-corrected chi connectivity index (χ3v) is 3.40. The maximum absolute atomic E-state index is 12.0. The van der Waals surface area contributed by atoms with Crippen LogP contribution >= 0.6 is 11.6 Å². The Morgan fingerprint density at radius 3 is 2.67 bits per heavy atom. The Morgan fingerprint density at radius 2 is 1.96 bits per heavy atom. The minimum absolute atomic E-state index is 0.292. The third kappa shape index (κ3) is 4.73. The summed E-state index contributed by atoms with van der Waals surface area (Å²) in [5.74, 6) is 0.142. The number of ether oxygens (including phenoxy) is 2. The second-order valence-electron chi connectivity index (χ2n) is 4.65. The van der Waals surface area contributed by atoms with E-state index in [-0.39, 0.29) is 0 Å². The first kappa shape index (κ1) is 17.3. The summed E-state index contributed by atoms with van der Waals surface area (Å²) in [6.45, 7) is 0. The molecular formula is C19H14ClNO3. The van der Waals surface area contributed by atoms with E-state index in [1.807, 2.05) is 18.2 Å². The van der Waals surface area contributed by atoms with Crippen molar-refractivity contribution in [3.8, 4) is 17.6 Å². The summed E-state index contributed by atoms with van der Waals surface area (Å²) < 4.78 is 10.5. The van der Waals surface area contributed by atoms with E-state index in [1.165, 1.54) is 19.3 Å². The number of esters is 1. The molecule has 0 aliphatic rings. The van der Waals surface area contributed by atoms with Crippen molar-refractivity contribution in [3.63, 3.8) is 0 Å². The third-order valence-electron chi connectivity index (χ3n) is 3.05. The molecule has 0 spiro atoms. The Kier molecular flexibility index (Phi) is 6.18. The first-order chi connectivity index (χ1) is 11.6. The molecule has 0 aliphatic heterocycles. The summed E-state index contributed by atoms with van der Waals surface area (Å²) in [4.78, 5) is 12.0. The van der Waals surface area contributed by atoms with Crippen molar-refractivity contribution in [2.24, 2.45) is 0 Å². The molecule has 0 atom stereocenters. The van der Waals surface area contributed by atoms with Crippen molar-refractivity contribution in [1.29, 1.82) is 5.26 Å². The summed E-state index contributed by atoms with van der Waals surface area (Å²) >= 11 is 6.02. The number of hydrogen-bond acceptors (Lipinski definition) is 4. The van der Waals surface area contributed by atoms with Gasteiger partial charge in [0.15, 0.2) is 11.5 Å². The van der Waals surface area contributed by atoms with Gasteiger partial charge in [0, 0.05) is 17.2 Å². The predicted molar refractivity (Wildman–Crippen MR) is 93.8 cm³/mol. The number of allylic oxidation sites excluding steroid dienone is 1. The summed E-state index contributed by atoms with van der Waals surface area (Å²) in [5.41, 5.74) is 1.49. The molecule has 0 aromatic heterocycles. The number of carbonyl (C=O) groups excluding carboxylic acids is 1. The van der Waals surface area contributed by atoms with Gasteiger partial charge in [-0.3, -0.25) is 0 Å². The van der Waals surface area contributed by atoms with Crippen molar-refractivity contribution >= 4 is 29.7 Å². The van der Waals surface area contributed by atoms with Crippen LogP contribution in [-0.4, -0.2) is 13.1 Å². The van der Waals surface area contributed by atoms with Crippen LogP contribution in [0, 0.1) is 11.3 Å². The number of hydrogen-bond donors (Lipinski definition) is 0. The fraction of sp³-hybridized carbons (Fsp3) is 0.0526. The van der Waals surface area contributed by atoms with E-state index in [4.69, 9.17) is 26.3 Å². The Labute approximate surface area is 145 Å². The molecule has 0 unspecified atom stereocenters. The van der Waals surface area contributed by atoms with E-state index in [1.54, 1.807) is 42.5 Å². The standard InChI is InChI=1S/C19H14ClNO3/c1-23-18-13-14(5-4-12-21)8-10-17(18)24-19(22)11-9-15-6-2-3-7-16(15)20/h2-11,13H,1H3/b5-4+,11-9+. The zero-order valence-electron chi connectivity index (χ0n) is 12.9. The summed E-state index contributed by atoms with van der Waals surface area (Å²) in [5, 5.41) is 9.09. The second kappa shape index (κ2) is 8.56.